The van der Waals surface area contributed by atoms with Gasteiger partial charge >= 0.3 is 0 Å². The number of pyridine rings is 1. The lowest BCUT2D eigenvalue weighted by atomic mass is 9.73. The highest BCUT2D eigenvalue weighted by molar-refractivity contribution is 6.03. The number of hydrogen-bond acceptors (Lipinski definition) is 3. The van der Waals surface area contributed by atoms with Crippen molar-refractivity contribution in [2.45, 2.75) is 63.3 Å². The Kier molecular flexibility index (Phi) is 3.92. The zero-order chi connectivity index (χ0) is 19.5. The van der Waals surface area contributed by atoms with Crippen molar-refractivity contribution in [3.8, 4) is 0 Å². The Labute approximate surface area is 163 Å². The molecule has 0 radical (unpaired) electrons. The number of ether oxygens (including phenoxy) is 1. The zero-order valence-corrected chi connectivity index (χ0v) is 16.2. The maximum Gasteiger partial charge on any atom is 0.188 e. The van der Waals surface area contributed by atoms with Gasteiger partial charge in [0.15, 0.2) is 5.69 Å². The summed E-state index contributed by atoms with van der Waals surface area (Å²) in [5.74, 6) is 1.09. The molecule has 5 nitrogen and oxygen atoms in total. The predicted molar refractivity (Wildman–Crippen MR) is 106 cm³/mol. The second-order valence-electron chi connectivity index (χ2n) is 8.52. The summed E-state index contributed by atoms with van der Waals surface area (Å²) in [5, 5.41) is 0.950. The van der Waals surface area contributed by atoms with Gasteiger partial charge in [-0.15, -0.1) is 0 Å². The first-order valence-electron chi connectivity index (χ1n) is 9.94. The van der Waals surface area contributed by atoms with Gasteiger partial charge in [-0.3, -0.25) is 4.98 Å². The van der Waals surface area contributed by atoms with Crippen LogP contribution in [0.2, 0.25) is 0 Å². The molecule has 1 unspecified atom stereocenters. The van der Waals surface area contributed by atoms with E-state index in [1.165, 1.54) is 0 Å². The van der Waals surface area contributed by atoms with Crippen molar-refractivity contribution in [1.29, 1.82) is 0 Å². The van der Waals surface area contributed by atoms with Crippen LogP contribution >= 0.6 is 0 Å². The fourth-order valence-corrected chi connectivity index (χ4v) is 4.87. The summed E-state index contributed by atoms with van der Waals surface area (Å²) in [6.45, 7) is 11.9. The molecule has 0 spiro atoms. The van der Waals surface area contributed by atoms with Crippen molar-refractivity contribution in [1.82, 2.24) is 14.5 Å². The number of fused-ring (bicyclic) bond motifs is 3. The standard InChI is InChI=1S/C22H23FN4O/c1-13-8-16(6-7-28-13)27-20-17-9-15(24-3)4-5-18(17)25-12-19(20)26-21(27)14-10-22(2,23)11-14/h4-5,9,12-14,16H,6-8,10-11H2,1-2H3/t13-,14?,16?,22?/m1/s1. The fourth-order valence-electron chi connectivity index (χ4n) is 4.87. The van der Waals surface area contributed by atoms with Gasteiger partial charge in [0.2, 0.25) is 0 Å². The van der Waals surface area contributed by atoms with Crippen LogP contribution in [0.3, 0.4) is 0 Å². The molecule has 28 heavy (non-hydrogen) atoms. The number of halogens is 1. The van der Waals surface area contributed by atoms with Crippen LogP contribution in [-0.2, 0) is 4.74 Å². The average molecular weight is 378 g/mol. The Balaban J connectivity index is 1.75. The number of hydrogen-bond donors (Lipinski definition) is 0. The first kappa shape index (κ1) is 17.6. The second kappa shape index (κ2) is 6.25. The van der Waals surface area contributed by atoms with Gasteiger partial charge in [-0.05, 0) is 51.7 Å². The van der Waals surface area contributed by atoms with Gasteiger partial charge in [-0.2, -0.15) is 0 Å². The summed E-state index contributed by atoms with van der Waals surface area (Å²) in [6.07, 6.45) is 4.83. The van der Waals surface area contributed by atoms with E-state index in [1.807, 2.05) is 18.3 Å². The molecule has 1 saturated heterocycles. The molecule has 1 aliphatic heterocycles. The number of imidazole rings is 1. The molecule has 0 bridgehead atoms. The monoisotopic (exact) mass is 378 g/mol. The van der Waals surface area contributed by atoms with E-state index in [2.05, 4.69) is 21.3 Å². The summed E-state index contributed by atoms with van der Waals surface area (Å²) < 4.78 is 22.4. The third kappa shape index (κ3) is 2.77. The number of nitrogens with zero attached hydrogens (tertiary/aromatic N) is 4. The van der Waals surface area contributed by atoms with Crippen molar-refractivity contribution in [2.75, 3.05) is 6.61 Å². The summed E-state index contributed by atoms with van der Waals surface area (Å²) in [4.78, 5) is 13.1. The minimum absolute atomic E-state index is 0.125. The highest BCUT2D eigenvalue weighted by Crippen LogP contribution is 2.48. The molecule has 144 valence electrons. The van der Waals surface area contributed by atoms with Gasteiger partial charge in [-0.25, -0.2) is 14.2 Å². The maximum atomic E-state index is 14.3. The largest absolute Gasteiger partial charge is 0.378 e. The van der Waals surface area contributed by atoms with Gasteiger partial charge in [-0.1, -0.05) is 6.07 Å². The highest BCUT2D eigenvalue weighted by atomic mass is 19.1. The van der Waals surface area contributed by atoms with Gasteiger partial charge in [0.05, 0.1) is 29.9 Å². The van der Waals surface area contributed by atoms with E-state index in [1.54, 1.807) is 13.0 Å². The first-order chi connectivity index (χ1) is 13.4. The predicted octanol–water partition coefficient (Wildman–Crippen LogP) is 5.48. The minimum atomic E-state index is -1.10. The summed E-state index contributed by atoms with van der Waals surface area (Å²) in [7, 11) is 0. The summed E-state index contributed by atoms with van der Waals surface area (Å²) >= 11 is 0. The Morgan fingerprint density at radius 1 is 1.32 bits per heavy atom. The van der Waals surface area contributed by atoms with Crippen molar-refractivity contribution >= 4 is 27.6 Å². The maximum absolute atomic E-state index is 14.3. The van der Waals surface area contributed by atoms with Gasteiger partial charge in [0.25, 0.3) is 0 Å². The lowest BCUT2D eigenvalue weighted by Crippen LogP contribution is -2.37. The minimum Gasteiger partial charge on any atom is -0.378 e. The van der Waals surface area contributed by atoms with Crippen molar-refractivity contribution < 1.29 is 9.13 Å². The average Bonchev–Trinajstić information content (AvgIpc) is 3.05. The van der Waals surface area contributed by atoms with E-state index in [0.717, 1.165) is 40.6 Å². The van der Waals surface area contributed by atoms with Crippen LogP contribution in [-0.4, -0.2) is 32.9 Å². The van der Waals surface area contributed by atoms with E-state index in [0.29, 0.717) is 25.1 Å². The molecule has 5 rings (SSSR count). The molecule has 2 aliphatic rings. The highest BCUT2D eigenvalue weighted by Gasteiger charge is 2.44. The topological polar surface area (TPSA) is 44.3 Å². The summed E-state index contributed by atoms with van der Waals surface area (Å²) in [5.41, 5.74) is 2.20. The Morgan fingerprint density at radius 3 is 2.86 bits per heavy atom. The molecule has 0 amide bonds. The van der Waals surface area contributed by atoms with Crippen molar-refractivity contribution in [2.24, 2.45) is 0 Å². The Bertz CT molecular complexity index is 1110. The molecule has 3 aromatic rings. The van der Waals surface area contributed by atoms with Gasteiger partial charge < -0.3 is 9.30 Å². The van der Waals surface area contributed by atoms with Gasteiger partial charge in [0, 0.05) is 24.0 Å². The summed E-state index contributed by atoms with van der Waals surface area (Å²) in [6, 6.07) is 5.86. The number of aromatic nitrogens is 3. The third-order valence-corrected chi connectivity index (χ3v) is 6.19. The van der Waals surface area contributed by atoms with Crippen LogP contribution < -0.4 is 0 Å². The molecular weight excluding hydrogens is 355 g/mol. The smallest absolute Gasteiger partial charge is 0.188 e. The van der Waals surface area contributed by atoms with Crippen LogP contribution in [0, 0.1) is 6.57 Å². The van der Waals surface area contributed by atoms with E-state index in [-0.39, 0.29) is 18.1 Å². The number of alkyl halides is 1. The van der Waals surface area contributed by atoms with Crippen LogP contribution in [0.25, 0.3) is 26.8 Å². The number of benzene rings is 1. The van der Waals surface area contributed by atoms with Crippen LogP contribution in [0.15, 0.2) is 24.4 Å². The molecular formula is C22H23FN4O. The van der Waals surface area contributed by atoms with Crippen LogP contribution in [0.1, 0.15) is 57.3 Å². The Hall–Kier alpha value is -2.52. The van der Waals surface area contributed by atoms with E-state index in [4.69, 9.17) is 16.3 Å². The third-order valence-electron chi connectivity index (χ3n) is 6.19. The molecule has 1 saturated carbocycles. The van der Waals surface area contributed by atoms with Crippen molar-refractivity contribution in [3.05, 3.63) is 41.6 Å². The van der Waals surface area contributed by atoms with E-state index >= 15 is 0 Å². The molecule has 2 aromatic heterocycles. The molecule has 2 atom stereocenters. The SMILES string of the molecule is [C-]#[N+]c1ccc2ncc3nc(C4CC(C)(F)C4)n(C4CCO[C@H](C)C4)c3c2c1. The first-order valence-corrected chi connectivity index (χ1v) is 9.94. The zero-order valence-electron chi connectivity index (χ0n) is 16.2. The molecule has 0 N–H and O–H groups in total. The molecule has 1 aromatic carbocycles. The Morgan fingerprint density at radius 2 is 2.14 bits per heavy atom. The van der Waals surface area contributed by atoms with Crippen molar-refractivity contribution in [3.63, 3.8) is 0 Å². The number of rotatable bonds is 2. The normalized spacial score (nSPS) is 30.3. The molecule has 2 fully saturated rings. The second-order valence-corrected chi connectivity index (χ2v) is 8.52. The van der Waals surface area contributed by atoms with Gasteiger partial charge in [0.1, 0.15) is 17.0 Å². The van der Waals surface area contributed by atoms with E-state index in [9.17, 15) is 4.39 Å². The fraction of sp³-hybridized carbons (Fsp3) is 0.500. The quantitative estimate of drug-likeness (QED) is 0.555. The lowest BCUT2D eigenvalue weighted by molar-refractivity contribution is 0.00394. The molecule has 1 aliphatic carbocycles. The van der Waals surface area contributed by atoms with Crippen LogP contribution in [0.5, 0.6) is 0 Å². The molecule has 6 heteroatoms. The van der Waals surface area contributed by atoms with E-state index < -0.39 is 5.67 Å². The molecule has 3 heterocycles. The van der Waals surface area contributed by atoms with Crippen LogP contribution in [0.4, 0.5) is 10.1 Å². The lowest BCUT2D eigenvalue weighted by Gasteiger charge is -2.40.